The number of morpholine rings is 1. The van der Waals surface area contributed by atoms with E-state index in [0.29, 0.717) is 69.8 Å². The van der Waals surface area contributed by atoms with Crippen molar-refractivity contribution in [3.63, 3.8) is 0 Å². The molecule has 1 aromatic carbocycles. The van der Waals surface area contributed by atoms with Gasteiger partial charge in [0.1, 0.15) is 0 Å². The third-order valence-corrected chi connectivity index (χ3v) is 6.79. The normalized spacial score (nSPS) is 13.7. The molecular formula is C26H33ClN6O5. The quantitative estimate of drug-likeness (QED) is 0.281. The molecule has 0 aliphatic carbocycles. The Morgan fingerprint density at radius 3 is 2.47 bits per heavy atom. The summed E-state index contributed by atoms with van der Waals surface area (Å²) in [5.41, 5.74) is 0.392. The maximum absolute atomic E-state index is 13.0. The zero-order chi connectivity index (χ0) is 27.1. The molecule has 0 bridgehead atoms. The maximum atomic E-state index is 13.0. The Balaban J connectivity index is 1.32. The number of hydrogen-bond donors (Lipinski definition) is 2. The summed E-state index contributed by atoms with van der Waals surface area (Å²) in [5.74, 6) is -0.483. The van der Waals surface area contributed by atoms with E-state index in [1.165, 1.54) is 9.13 Å². The number of fused-ring (bicyclic) bond motifs is 1. The lowest BCUT2D eigenvalue weighted by Crippen LogP contribution is -2.41. The number of ether oxygens (including phenoxy) is 1. The molecule has 2 amide bonds. The summed E-state index contributed by atoms with van der Waals surface area (Å²) in [6, 6.07) is 6.80. The lowest BCUT2D eigenvalue weighted by atomic mass is 10.1. The van der Waals surface area contributed by atoms with Gasteiger partial charge in [0.2, 0.25) is 5.28 Å². The Bertz CT molecular complexity index is 1410. The van der Waals surface area contributed by atoms with Crippen LogP contribution in [0.1, 0.15) is 59.7 Å². The molecule has 1 saturated heterocycles. The predicted molar refractivity (Wildman–Crippen MR) is 144 cm³/mol. The Hall–Kier alpha value is -3.44. The van der Waals surface area contributed by atoms with Crippen molar-refractivity contribution in [1.82, 2.24) is 29.3 Å². The number of carbonyl (C=O) groups is 2. The van der Waals surface area contributed by atoms with E-state index in [4.69, 9.17) is 16.3 Å². The number of aryl methyl sites for hydroxylation is 1. The van der Waals surface area contributed by atoms with Crippen LogP contribution in [0.25, 0.3) is 11.2 Å². The molecule has 1 fully saturated rings. The molecule has 3 heterocycles. The Kier molecular flexibility index (Phi) is 9.35. The minimum absolute atomic E-state index is 0.0726. The molecule has 3 aromatic rings. The molecule has 4 rings (SSSR count). The molecule has 12 heteroatoms. The minimum atomic E-state index is -0.438. The molecular weight excluding hydrogens is 512 g/mol. The SMILES string of the molecule is CCCCn1c(=O)n(CCCCCNC(=O)c2ccccc2C(=O)N2CCOCC2)c(=O)c2[nH]c(Cl)nc21. The van der Waals surface area contributed by atoms with Gasteiger partial charge in [-0.25, -0.2) is 4.79 Å². The van der Waals surface area contributed by atoms with Crippen LogP contribution < -0.4 is 16.6 Å². The number of rotatable bonds is 11. The van der Waals surface area contributed by atoms with E-state index < -0.39 is 11.2 Å². The van der Waals surface area contributed by atoms with Crippen molar-refractivity contribution in [3.8, 4) is 0 Å². The van der Waals surface area contributed by atoms with E-state index >= 15 is 0 Å². The summed E-state index contributed by atoms with van der Waals surface area (Å²) in [6.07, 6.45) is 3.60. The number of unbranched alkanes of at least 4 members (excludes halogenated alkanes) is 3. The summed E-state index contributed by atoms with van der Waals surface area (Å²) in [5, 5.41) is 2.95. The molecule has 38 heavy (non-hydrogen) atoms. The maximum Gasteiger partial charge on any atom is 0.332 e. The lowest BCUT2D eigenvalue weighted by molar-refractivity contribution is 0.0301. The average Bonchev–Trinajstić information content (AvgIpc) is 3.33. The van der Waals surface area contributed by atoms with Gasteiger partial charge in [-0.1, -0.05) is 25.5 Å². The first-order chi connectivity index (χ1) is 18.4. The summed E-state index contributed by atoms with van der Waals surface area (Å²) in [4.78, 5) is 60.2. The highest BCUT2D eigenvalue weighted by atomic mass is 35.5. The molecule has 0 radical (unpaired) electrons. The summed E-state index contributed by atoms with van der Waals surface area (Å²) >= 11 is 5.97. The monoisotopic (exact) mass is 544 g/mol. The van der Waals surface area contributed by atoms with Crippen molar-refractivity contribution in [1.29, 1.82) is 0 Å². The predicted octanol–water partition coefficient (Wildman–Crippen LogP) is 2.41. The van der Waals surface area contributed by atoms with Crippen molar-refractivity contribution in [2.75, 3.05) is 32.8 Å². The van der Waals surface area contributed by atoms with Gasteiger partial charge in [0.15, 0.2) is 11.2 Å². The molecule has 0 spiro atoms. The molecule has 1 aliphatic rings. The number of imidazole rings is 1. The summed E-state index contributed by atoms with van der Waals surface area (Å²) in [7, 11) is 0. The van der Waals surface area contributed by atoms with Crippen molar-refractivity contribution in [2.24, 2.45) is 0 Å². The molecule has 0 unspecified atom stereocenters. The lowest BCUT2D eigenvalue weighted by Gasteiger charge is -2.27. The largest absolute Gasteiger partial charge is 0.378 e. The standard InChI is InChI=1S/C26H33ClN6O5/c1-2-3-12-32-21-20(29-25(27)30-21)24(36)33(26(32)37)13-8-4-7-11-28-22(34)18-9-5-6-10-19(18)23(35)31-14-16-38-17-15-31/h5-6,9-10H,2-4,7-8,11-17H2,1H3,(H,28,34)(H,29,30). The molecule has 0 saturated carbocycles. The second-order valence-corrected chi connectivity index (χ2v) is 9.60. The van der Waals surface area contributed by atoms with E-state index in [2.05, 4.69) is 15.3 Å². The van der Waals surface area contributed by atoms with Crippen molar-refractivity contribution in [2.45, 2.75) is 52.1 Å². The Labute approximate surface area is 224 Å². The van der Waals surface area contributed by atoms with E-state index in [1.807, 2.05) is 6.92 Å². The molecule has 2 aromatic heterocycles. The minimum Gasteiger partial charge on any atom is -0.378 e. The molecule has 2 N–H and O–H groups in total. The number of nitrogens with zero attached hydrogens (tertiary/aromatic N) is 4. The van der Waals surface area contributed by atoms with Crippen LogP contribution in [0.5, 0.6) is 0 Å². The van der Waals surface area contributed by atoms with Crippen LogP contribution in [0, 0.1) is 0 Å². The van der Waals surface area contributed by atoms with Crippen LogP contribution in [0.3, 0.4) is 0 Å². The summed E-state index contributed by atoms with van der Waals surface area (Å²) < 4.78 is 8.03. The molecule has 11 nitrogen and oxygen atoms in total. The second-order valence-electron chi connectivity index (χ2n) is 9.24. The van der Waals surface area contributed by atoms with Crippen LogP contribution >= 0.6 is 11.6 Å². The third kappa shape index (κ3) is 6.16. The van der Waals surface area contributed by atoms with E-state index in [9.17, 15) is 19.2 Å². The van der Waals surface area contributed by atoms with Crippen molar-refractivity contribution < 1.29 is 14.3 Å². The topological polar surface area (TPSA) is 131 Å². The van der Waals surface area contributed by atoms with Gasteiger partial charge in [0.25, 0.3) is 17.4 Å². The number of carbonyl (C=O) groups excluding carboxylic acids is 2. The fraction of sp³-hybridized carbons (Fsp3) is 0.500. The first kappa shape index (κ1) is 27.6. The number of halogens is 1. The van der Waals surface area contributed by atoms with Gasteiger partial charge in [0.05, 0.1) is 24.3 Å². The van der Waals surface area contributed by atoms with Crippen LogP contribution in [-0.4, -0.2) is 68.7 Å². The van der Waals surface area contributed by atoms with Gasteiger partial charge >= 0.3 is 5.69 Å². The van der Waals surface area contributed by atoms with Crippen LogP contribution in [0.2, 0.25) is 5.28 Å². The van der Waals surface area contributed by atoms with Gasteiger partial charge in [-0.05, 0) is 49.4 Å². The zero-order valence-corrected chi connectivity index (χ0v) is 22.3. The Morgan fingerprint density at radius 2 is 1.74 bits per heavy atom. The number of amides is 2. The molecule has 0 atom stereocenters. The second kappa shape index (κ2) is 12.9. The highest BCUT2D eigenvalue weighted by Crippen LogP contribution is 2.14. The van der Waals surface area contributed by atoms with Gasteiger partial charge in [-0.15, -0.1) is 0 Å². The number of H-pyrrole nitrogens is 1. The number of aromatic amines is 1. The number of benzene rings is 1. The first-order valence-corrected chi connectivity index (χ1v) is 13.4. The highest BCUT2D eigenvalue weighted by Gasteiger charge is 2.23. The van der Waals surface area contributed by atoms with Gasteiger partial charge in [0, 0.05) is 32.7 Å². The van der Waals surface area contributed by atoms with Crippen LogP contribution in [0.4, 0.5) is 0 Å². The highest BCUT2D eigenvalue weighted by molar-refractivity contribution is 6.29. The van der Waals surface area contributed by atoms with Gasteiger partial charge in [-0.2, -0.15) is 4.98 Å². The van der Waals surface area contributed by atoms with Crippen LogP contribution in [-0.2, 0) is 17.8 Å². The smallest absolute Gasteiger partial charge is 0.332 e. The molecule has 204 valence electrons. The third-order valence-electron chi connectivity index (χ3n) is 6.61. The number of aromatic nitrogens is 4. The zero-order valence-electron chi connectivity index (χ0n) is 21.5. The number of nitrogens with one attached hydrogen (secondary N) is 2. The molecule has 1 aliphatic heterocycles. The van der Waals surface area contributed by atoms with E-state index in [-0.39, 0.29) is 34.8 Å². The number of hydrogen-bond acceptors (Lipinski definition) is 6. The van der Waals surface area contributed by atoms with Gasteiger partial charge in [-0.3, -0.25) is 23.5 Å². The fourth-order valence-electron chi connectivity index (χ4n) is 4.53. The van der Waals surface area contributed by atoms with Gasteiger partial charge < -0.3 is 19.9 Å². The van der Waals surface area contributed by atoms with Crippen molar-refractivity contribution in [3.05, 3.63) is 61.5 Å². The van der Waals surface area contributed by atoms with E-state index in [0.717, 1.165) is 12.8 Å². The van der Waals surface area contributed by atoms with E-state index in [1.54, 1.807) is 29.2 Å². The van der Waals surface area contributed by atoms with Crippen LogP contribution in [0.15, 0.2) is 33.9 Å². The average molecular weight is 545 g/mol. The first-order valence-electron chi connectivity index (χ1n) is 13.1. The fourth-order valence-corrected chi connectivity index (χ4v) is 4.70. The van der Waals surface area contributed by atoms with Crippen molar-refractivity contribution >= 4 is 34.6 Å². The Morgan fingerprint density at radius 1 is 1.03 bits per heavy atom. The summed E-state index contributed by atoms with van der Waals surface area (Å²) in [6.45, 7) is 5.11.